The molecule has 6 nitrogen and oxygen atoms in total. The van der Waals surface area contributed by atoms with E-state index in [0.717, 1.165) is 17.0 Å². The van der Waals surface area contributed by atoms with Crippen LogP contribution in [0.25, 0.3) is 0 Å². The van der Waals surface area contributed by atoms with Crippen LogP contribution in [0.1, 0.15) is 0 Å². The molecule has 144 valence electrons. The fourth-order valence-electron chi connectivity index (χ4n) is 2.71. The quantitative estimate of drug-likeness (QED) is 0.765. The zero-order chi connectivity index (χ0) is 19.4. The van der Waals surface area contributed by atoms with E-state index >= 15 is 0 Å². The van der Waals surface area contributed by atoms with Crippen LogP contribution in [0.3, 0.4) is 0 Å². The Morgan fingerprint density at radius 2 is 1.59 bits per heavy atom. The summed E-state index contributed by atoms with van der Waals surface area (Å²) in [6, 6.07) is 11.3. The van der Waals surface area contributed by atoms with Gasteiger partial charge in [-0.15, -0.1) is 11.8 Å². The van der Waals surface area contributed by atoms with Gasteiger partial charge in [-0.05, 0) is 48.5 Å². The van der Waals surface area contributed by atoms with Crippen LogP contribution < -0.4 is 0 Å². The molecule has 27 heavy (non-hydrogen) atoms. The summed E-state index contributed by atoms with van der Waals surface area (Å²) in [5.41, 5.74) is 0. The lowest BCUT2D eigenvalue weighted by molar-refractivity contribution is -0.129. The number of halogens is 1. The first-order chi connectivity index (χ1) is 12.9. The van der Waals surface area contributed by atoms with E-state index in [-0.39, 0.29) is 35.4 Å². The van der Waals surface area contributed by atoms with Crippen molar-refractivity contribution in [1.82, 2.24) is 9.21 Å². The standard InChI is InChI=1S/C18H19FN2O4S2/c19-14-1-7-17(8-2-14)27(24,25)21-11-9-20(10-12-21)18(23)13-26-16-5-3-15(22)4-6-16/h1-8,22H,9-13H2. The monoisotopic (exact) mass is 410 g/mol. The average molecular weight is 410 g/mol. The van der Waals surface area contributed by atoms with Crippen molar-refractivity contribution < 1.29 is 22.7 Å². The zero-order valence-electron chi connectivity index (χ0n) is 14.4. The van der Waals surface area contributed by atoms with Gasteiger partial charge in [0.15, 0.2) is 0 Å². The Morgan fingerprint density at radius 3 is 2.19 bits per heavy atom. The summed E-state index contributed by atoms with van der Waals surface area (Å²) < 4.78 is 39.5. The Labute approximate surface area is 161 Å². The molecule has 1 amide bonds. The van der Waals surface area contributed by atoms with E-state index in [1.54, 1.807) is 29.2 Å². The van der Waals surface area contributed by atoms with Gasteiger partial charge in [-0.1, -0.05) is 0 Å². The van der Waals surface area contributed by atoms with Crippen molar-refractivity contribution in [2.45, 2.75) is 9.79 Å². The number of carbonyl (C=O) groups excluding carboxylic acids is 1. The van der Waals surface area contributed by atoms with Crippen molar-refractivity contribution in [2.24, 2.45) is 0 Å². The van der Waals surface area contributed by atoms with Crippen LogP contribution in [0.5, 0.6) is 5.75 Å². The van der Waals surface area contributed by atoms with Gasteiger partial charge in [-0.25, -0.2) is 12.8 Å². The molecule has 2 aromatic rings. The molecule has 0 atom stereocenters. The van der Waals surface area contributed by atoms with Gasteiger partial charge in [-0.3, -0.25) is 4.79 Å². The van der Waals surface area contributed by atoms with Crippen molar-refractivity contribution in [1.29, 1.82) is 0 Å². The molecule has 0 aliphatic carbocycles. The number of sulfonamides is 1. The molecule has 3 rings (SSSR count). The Hall–Kier alpha value is -2.10. The fraction of sp³-hybridized carbons (Fsp3) is 0.278. The Morgan fingerprint density at radius 1 is 1.00 bits per heavy atom. The highest BCUT2D eigenvalue weighted by Crippen LogP contribution is 2.22. The Bertz CT molecular complexity index is 894. The second-order valence-corrected chi connectivity index (χ2v) is 9.01. The van der Waals surface area contributed by atoms with Gasteiger partial charge in [0.1, 0.15) is 11.6 Å². The number of hydrogen-bond acceptors (Lipinski definition) is 5. The number of thioether (sulfide) groups is 1. The first-order valence-electron chi connectivity index (χ1n) is 8.31. The van der Waals surface area contributed by atoms with E-state index in [2.05, 4.69) is 0 Å². The molecule has 9 heteroatoms. The maximum atomic E-state index is 13.0. The van der Waals surface area contributed by atoms with Crippen molar-refractivity contribution in [3.05, 3.63) is 54.3 Å². The van der Waals surface area contributed by atoms with Gasteiger partial charge in [0.05, 0.1) is 10.6 Å². The molecule has 0 unspecified atom stereocenters. The number of hydrogen-bond donors (Lipinski definition) is 1. The van der Waals surface area contributed by atoms with Gasteiger partial charge in [0.2, 0.25) is 15.9 Å². The lowest BCUT2D eigenvalue weighted by atomic mass is 10.3. The Kier molecular flexibility index (Phi) is 6.03. The zero-order valence-corrected chi connectivity index (χ0v) is 16.0. The van der Waals surface area contributed by atoms with Crippen LogP contribution in [-0.2, 0) is 14.8 Å². The third-order valence-electron chi connectivity index (χ3n) is 4.24. The molecule has 2 aromatic carbocycles. The van der Waals surface area contributed by atoms with E-state index in [9.17, 15) is 22.7 Å². The minimum Gasteiger partial charge on any atom is -0.508 e. The molecule has 1 N–H and O–H groups in total. The number of amides is 1. The third kappa shape index (κ3) is 4.79. The normalized spacial score (nSPS) is 15.7. The Balaban J connectivity index is 1.54. The minimum absolute atomic E-state index is 0.0477. The molecule has 1 fully saturated rings. The van der Waals surface area contributed by atoms with Crippen molar-refractivity contribution in [2.75, 3.05) is 31.9 Å². The maximum absolute atomic E-state index is 13.0. The summed E-state index contributed by atoms with van der Waals surface area (Å²) in [6.07, 6.45) is 0. The summed E-state index contributed by atoms with van der Waals surface area (Å²) in [6.45, 7) is 1.04. The van der Waals surface area contributed by atoms with Gasteiger partial charge in [-0.2, -0.15) is 4.31 Å². The largest absolute Gasteiger partial charge is 0.508 e. The summed E-state index contributed by atoms with van der Waals surface area (Å²) in [5.74, 6) is -0.137. The van der Waals surface area contributed by atoms with Crippen molar-refractivity contribution >= 4 is 27.7 Å². The first kappa shape index (κ1) is 19.7. The van der Waals surface area contributed by atoms with Crippen LogP contribution in [0.4, 0.5) is 4.39 Å². The second-order valence-electron chi connectivity index (χ2n) is 6.02. The summed E-state index contributed by atoms with van der Waals surface area (Å²) in [7, 11) is -3.69. The molecule has 0 saturated carbocycles. The number of phenols is 1. The third-order valence-corrected chi connectivity index (χ3v) is 7.15. The number of rotatable bonds is 5. The summed E-state index contributed by atoms with van der Waals surface area (Å²) >= 11 is 1.37. The number of carbonyl (C=O) groups is 1. The number of aromatic hydroxyl groups is 1. The SMILES string of the molecule is O=C(CSc1ccc(O)cc1)N1CCN(S(=O)(=O)c2ccc(F)cc2)CC1. The number of piperazine rings is 1. The van der Waals surface area contributed by atoms with Gasteiger partial charge >= 0.3 is 0 Å². The van der Waals surface area contributed by atoms with E-state index in [1.807, 2.05) is 0 Å². The second kappa shape index (κ2) is 8.28. The molecular formula is C18H19FN2O4S2. The highest BCUT2D eigenvalue weighted by atomic mass is 32.2. The number of nitrogens with zero attached hydrogens (tertiary/aromatic N) is 2. The van der Waals surface area contributed by atoms with E-state index in [0.29, 0.717) is 13.1 Å². The van der Waals surface area contributed by atoms with Crippen LogP contribution in [0, 0.1) is 5.82 Å². The number of benzene rings is 2. The van der Waals surface area contributed by atoms with Gasteiger partial charge in [0.25, 0.3) is 0 Å². The highest BCUT2D eigenvalue weighted by molar-refractivity contribution is 8.00. The van der Waals surface area contributed by atoms with E-state index < -0.39 is 15.8 Å². The minimum atomic E-state index is -3.69. The van der Waals surface area contributed by atoms with Gasteiger partial charge in [0, 0.05) is 31.1 Å². The summed E-state index contributed by atoms with van der Waals surface area (Å²) in [4.78, 5) is 14.9. The molecule has 1 aliphatic rings. The van der Waals surface area contributed by atoms with E-state index in [4.69, 9.17) is 0 Å². The number of phenolic OH excluding ortho intramolecular Hbond substituents is 1. The molecule has 1 saturated heterocycles. The molecule has 1 aliphatic heterocycles. The maximum Gasteiger partial charge on any atom is 0.243 e. The van der Waals surface area contributed by atoms with Crippen molar-refractivity contribution in [3.8, 4) is 5.75 Å². The molecule has 0 radical (unpaired) electrons. The topological polar surface area (TPSA) is 77.9 Å². The van der Waals surface area contributed by atoms with Crippen LogP contribution in [-0.4, -0.2) is 60.6 Å². The summed E-state index contributed by atoms with van der Waals surface area (Å²) in [5, 5.41) is 9.27. The predicted octanol–water partition coefficient (Wildman–Crippen LogP) is 2.16. The lowest BCUT2D eigenvalue weighted by Crippen LogP contribution is -2.50. The molecule has 0 aromatic heterocycles. The van der Waals surface area contributed by atoms with Crippen LogP contribution in [0.15, 0.2) is 58.3 Å². The first-order valence-corrected chi connectivity index (χ1v) is 10.7. The lowest BCUT2D eigenvalue weighted by Gasteiger charge is -2.34. The van der Waals surface area contributed by atoms with Crippen LogP contribution >= 0.6 is 11.8 Å². The predicted molar refractivity (Wildman–Crippen MR) is 101 cm³/mol. The van der Waals surface area contributed by atoms with Gasteiger partial charge < -0.3 is 10.0 Å². The molecule has 0 spiro atoms. The average Bonchev–Trinajstić information content (AvgIpc) is 2.68. The highest BCUT2D eigenvalue weighted by Gasteiger charge is 2.30. The molecular weight excluding hydrogens is 391 g/mol. The molecule has 0 bridgehead atoms. The van der Waals surface area contributed by atoms with Crippen molar-refractivity contribution in [3.63, 3.8) is 0 Å². The van der Waals surface area contributed by atoms with Crippen LogP contribution in [0.2, 0.25) is 0 Å². The van der Waals surface area contributed by atoms with E-state index in [1.165, 1.54) is 28.2 Å². The smallest absolute Gasteiger partial charge is 0.243 e. The fourth-order valence-corrected chi connectivity index (χ4v) is 4.94. The molecule has 1 heterocycles.